The van der Waals surface area contributed by atoms with Gasteiger partial charge in [0.25, 0.3) is 0 Å². The monoisotopic (exact) mass is 318 g/mol. The molecule has 1 unspecified atom stereocenters. The van der Waals surface area contributed by atoms with E-state index in [9.17, 15) is 0 Å². The summed E-state index contributed by atoms with van der Waals surface area (Å²) in [6.45, 7) is 1.17. The molecule has 1 aromatic rings. The quantitative estimate of drug-likeness (QED) is 0.803. The number of hydrogen-bond donors (Lipinski definition) is 0. The fraction of sp³-hybridized carbons (Fsp3) is 0.562. The predicted molar refractivity (Wildman–Crippen MR) is 81.2 cm³/mol. The maximum Gasteiger partial charge on any atom is 0.100 e. The van der Waals surface area contributed by atoms with Gasteiger partial charge in [-0.25, -0.2) is 0 Å². The minimum absolute atomic E-state index is 0.723. The topological polar surface area (TPSA) is 27.0 Å². The van der Waals surface area contributed by atoms with E-state index in [1.54, 1.807) is 0 Å². The van der Waals surface area contributed by atoms with Gasteiger partial charge in [-0.15, -0.1) is 0 Å². The molecule has 2 aliphatic rings. The van der Waals surface area contributed by atoms with E-state index in [1.165, 1.54) is 50.8 Å². The van der Waals surface area contributed by atoms with E-state index in [-0.39, 0.29) is 0 Å². The summed E-state index contributed by atoms with van der Waals surface area (Å²) < 4.78 is 0.921. The van der Waals surface area contributed by atoms with Gasteiger partial charge < -0.3 is 4.90 Å². The van der Waals surface area contributed by atoms with Crippen LogP contribution in [0.4, 0.5) is 5.69 Å². The summed E-state index contributed by atoms with van der Waals surface area (Å²) in [5, 5.41) is 9.01. The molecule has 1 aliphatic carbocycles. The third kappa shape index (κ3) is 2.51. The minimum atomic E-state index is 0.723. The molecule has 0 radical (unpaired) electrons. The second-order valence-electron chi connectivity index (χ2n) is 5.72. The van der Waals surface area contributed by atoms with Gasteiger partial charge in [0.05, 0.1) is 5.56 Å². The van der Waals surface area contributed by atoms with E-state index in [0.717, 1.165) is 22.0 Å². The largest absolute Gasteiger partial charge is 0.368 e. The highest BCUT2D eigenvalue weighted by molar-refractivity contribution is 9.10. The summed E-state index contributed by atoms with van der Waals surface area (Å²) in [7, 11) is 0. The molecule has 3 rings (SSSR count). The maximum atomic E-state index is 9.01. The normalized spacial score (nSPS) is 23.8. The number of hydrogen-bond acceptors (Lipinski definition) is 2. The number of halogens is 1. The third-order valence-corrected chi connectivity index (χ3v) is 5.30. The van der Waals surface area contributed by atoms with E-state index in [0.29, 0.717) is 0 Å². The van der Waals surface area contributed by atoms with Crippen LogP contribution in [0.3, 0.4) is 0 Å². The van der Waals surface area contributed by atoms with Gasteiger partial charge in [0.2, 0.25) is 0 Å². The Labute approximate surface area is 123 Å². The van der Waals surface area contributed by atoms with Crippen molar-refractivity contribution in [3.8, 4) is 6.07 Å². The Hall–Kier alpha value is -1.01. The molecule has 2 nitrogen and oxygen atoms in total. The van der Waals surface area contributed by atoms with Crippen molar-refractivity contribution in [2.24, 2.45) is 5.92 Å². The fourth-order valence-corrected chi connectivity index (χ4v) is 4.17. The highest BCUT2D eigenvalue weighted by atomic mass is 79.9. The first-order chi connectivity index (χ1) is 9.29. The molecule has 19 heavy (non-hydrogen) atoms. The van der Waals surface area contributed by atoms with Crippen molar-refractivity contribution < 1.29 is 0 Å². The van der Waals surface area contributed by atoms with Crippen molar-refractivity contribution in [1.82, 2.24) is 0 Å². The SMILES string of the molecule is N#Cc1ccc(N2CCCC2C2CCCC2)cc1Br. The van der Waals surface area contributed by atoms with Gasteiger partial charge in [0.1, 0.15) is 6.07 Å². The number of anilines is 1. The zero-order valence-corrected chi connectivity index (χ0v) is 12.7. The molecule has 1 heterocycles. The Morgan fingerprint density at radius 1 is 1.16 bits per heavy atom. The van der Waals surface area contributed by atoms with Gasteiger partial charge >= 0.3 is 0 Å². The van der Waals surface area contributed by atoms with Crippen molar-refractivity contribution in [3.05, 3.63) is 28.2 Å². The molecular formula is C16H19BrN2. The van der Waals surface area contributed by atoms with Gasteiger partial charge in [-0.3, -0.25) is 0 Å². The van der Waals surface area contributed by atoms with E-state index in [2.05, 4.69) is 39.0 Å². The average Bonchev–Trinajstić information content (AvgIpc) is 3.09. The molecule has 0 bridgehead atoms. The van der Waals surface area contributed by atoms with Crippen LogP contribution in [-0.4, -0.2) is 12.6 Å². The molecule has 0 aromatic heterocycles. The predicted octanol–water partition coefficient (Wildman–Crippen LogP) is 4.48. The molecule has 1 aromatic carbocycles. The molecule has 1 saturated heterocycles. The lowest BCUT2D eigenvalue weighted by molar-refractivity contribution is 0.431. The Balaban J connectivity index is 1.84. The van der Waals surface area contributed by atoms with Gasteiger partial charge in [-0.05, 0) is 65.7 Å². The van der Waals surface area contributed by atoms with E-state index in [4.69, 9.17) is 5.26 Å². The summed E-state index contributed by atoms with van der Waals surface area (Å²) in [6.07, 6.45) is 8.26. The first kappa shape index (κ1) is 13.0. The van der Waals surface area contributed by atoms with Crippen LogP contribution in [-0.2, 0) is 0 Å². The molecule has 1 saturated carbocycles. The second kappa shape index (κ2) is 5.54. The standard InChI is InChI=1S/C16H19BrN2/c17-15-10-14(8-7-13(15)11-18)19-9-3-6-16(19)12-4-1-2-5-12/h7-8,10,12,16H,1-6,9H2. The van der Waals surface area contributed by atoms with Crippen molar-refractivity contribution in [3.63, 3.8) is 0 Å². The first-order valence-electron chi connectivity index (χ1n) is 7.26. The van der Waals surface area contributed by atoms with Crippen molar-refractivity contribution in [2.75, 3.05) is 11.4 Å². The lowest BCUT2D eigenvalue weighted by Crippen LogP contribution is -2.34. The number of nitriles is 1. The van der Waals surface area contributed by atoms with Crippen LogP contribution >= 0.6 is 15.9 Å². The van der Waals surface area contributed by atoms with E-state index >= 15 is 0 Å². The van der Waals surface area contributed by atoms with Crippen LogP contribution < -0.4 is 4.90 Å². The van der Waals surface area contributed by atoms with Crippen LogP contribution in [0, 0.1) is 17.2 Å². The smallest absolute Gasteiger partial charge is 0.100 e. The Bertz CT molecular complexity index is 500. The maximum absolute atomic E-state index is 9.01. The molecular weight excluding hydrogens is 300 g/mol. The summed E-state index contributed by atoms with van der Waals surface area (Å²) >= 11 is 3.51. The van der Waals surface area contributed by atoms with Crippen molar-refractivity contribution in [1.29, 1.82) is 5.26 Å². The average molecular weight is 319 g/mol. The summed E-state index contributed by atoms with van der Waals surface area (Å²) in [5.74, 6) is 0.886. The van der Waals surface area contributed by atoms with Crippen LogP contribution in [0.2, 0.25) is 0 Å². The van der Waals surface area contributed by atoms with Crippen molar-refractivity contribution in [2.45, 2.75) is 44.6 Å². The van der Waals surface area contributed by atoms with Gasteiger partial charge in [-0.1, -0.05) is 12.8 Å². The number of nitrogens with zero attached hydrogens (tertiary/aromatic N) is 2. The van der Waals surface area contributed by atoms with Crippen molar-refractivity contribution >= 4 is 21.6 Å². The molecule has 0 amide bonds. The third-order valence-electron chi connectivity index (χ3n) is 4.65. The molecule has 100 valence electrons. The second-order valence-corrected chi connectivity index (χ2v) is 6.58. The Kier molecular flexibility index (Phi) is 3.79. The number of rotatable bonds is 2. The Morgan fingerprint density at radius 3 is 2.63 bits per heavy atom. The first-order valence-corrected chi connectivity index (χ1v) is 8.05. The molecule has 2 fully saturated rings. The van der Waals surface area contributed by atoms with Crippen LogP contribution in [0.25, 0.3) is 0 Å². The molecule has 1 aliphatic heterocycles. The van der Waals surface area contributed by atoms with E-state index in [1.807, 2.05) is 6.07 Å². The van der Waals surface area contributed by atoms with Gasteiger partial charge in [-0.2, -0.15) is 5.26 Å². The zero-order valence-electron chi connectivity index (χ0n) is 11.1. The lowest BCUT2D eigenvalue weighted by atomic mass is 9.95. The summed E-state index contributed by atoms with van der Waals surface area (Å²) in [5.41, 5.74) is 2.00. The highest BCUT2D eigenvalue weighted by Crippen LogP contribution is 2.38. The van der Waals surface area contributed by atoms with Crippen LogP contribution in [0.1, 0.15) is 44.1 Å². The lowest BCUT2D eigenvalue weighted by Gasteiger charge is -2.31. The van der Waals surface area contributed by atoms with E-state index < -0.39 is 0 Å². The molecule has 1 atom stereocenters. The summed E-state index contributed by atoms with van der Waals surface area (Å²) in [6, 6.07) is 9.10. The van der Waals surface area contributed by atoms with Gasteiger partial charge in [0, 0.05) is 22.7 Å². The molecule has 0 spiro atoms. The van der Waals surface area contributed by atoms with Crippen LogP contribution in [0.15, 0.2) is 22.7 Å². The molecule has 0 N–H and O–H groups in total. The van der Waals surface area contributed by atoms with Gasteiger partial charge in [0.15, 0.2) is 0 Å². The minimum Gasteiger partial charge on any atom is -0.368 e. The Morgan fingerprint density at radius 2 is 1.95 bits per heavy atom. The number of benzene rings is 1. The fourth-order valence-electron chi connectivity index (χ4n) is 3.72. The summed E-state index contributed by atoms with van der Waals surface area (Å²) in [4.78, 5) is 2.57. The zero-order chi connectivity index (χ0) is 13.2. The molecule has 3 heteroatoms. The highest BCUT2D eigenvalue weighted by Gasteiger charge is 2.33. The van der Waals surface area contributed by atoms with Crippen LogP contribution in [0.5, 0.6) is 0 Å².